The van der Waals surface area contributed by atoms with Crippen LogP contribution in [0.25, 0.3) is 0 Å². The summed E-state index contributed by atoms with van der Waals surface area (Å²) >= 11 is 0. The first kappa shape index (κ1) is 19.6. The average Bonchev–Trinajstić information content (AvgIpc) is 2.54. The average molecular weight is 334 g/mol. The molecule has 7 heteroatoms. The first-order valence-corrected chi connectivity index (χ1v) is 8.04. The molecule has 6 N–H and O–H groups in total. The smallest absolute Gasteiger partial charge is 0.243 e. The fourth-order valence-electron chi connectivity index (χ4n) is 2.35. The van der Waals surface area contributed by atoms with Gasteiger partial charge in [0.1, 0.15) is 12.1 Å². The molecule has 3 amide bonds. The molecule has 132 valence electrons. The second kappa shape index (κ2) is 10.4. The maximum absolute atomic E-state index is 12.4. The summed E-state index contributed by atoms with van der Waals surface area (Å²) in [6.07, 6.45) is 2.22. The maximum atomic E-state index is 12.4. The van der Waals surface area contributed by atoms with E-state index in [0.29, 0.717) is 25.8 Å². The van der Waals surface area contributed by atoms with Gasteiger partial charge in [0.2, 0.25) is 17.7 Å². The van der Waals surface area contributed by atoms with Crippen LogP contribution in [0.4, 0.5) is 0 Å². The van der Waals surface area contributed by atoms with Crippen molar-refractivity contribution >= 4 is 17.7 Å². The predicted molar refractivity (Wildman–Crippen MR) is 91.8 cm³/mol. The highest BCUT2D eigenvalue weighted by molar-refractivity contribution is 5.91. The third-order valence-corrected chi connectivity index (χ3v) is 3.58. The van der Waals surface area contributed by atoms with Crippen molar-refractivity contribution in [2.75, 3.05) is 6.54 Å². The molecule has 1 rings (SSSR count). The quantitative estimate of drug-likeness (QED) is 0.443. The lowest BCUT2D eigenvalue weighted by Gasteiger charge is -2.21. The number of hydrogen-bond acceptors (Lipinski definition) is 4. The van der Waals surface area contributed by atoms with Gasteiger partial charge in [0.15, 0.2) is 0 Å². The second-order valence-corrected chi connectivity index (χ2v) is 5.69. The number of amides is 3. The zero-order valence-electron chi connectivity index (χ0n) is 14.0. The van der Waals surface area contributed by atoms with Crippen LogP contribution in [0.1, 0.15) is 31.7 Å². The van der Waals surface area contributed by atoms with Gasteiger partial charge in [-0.15, -0.1) is 0 Å². The lowest BCUT2D eigenvalue weighted by molar-refractivity contribution is -0.131. The predicted octanol–water partition coefficient (Wildman–Crippen LogP) is -0.167. The summed E-state index contributed by atoms with van der Waals surface area (Å²) in [5.41, 5.74) is 11.7. The minimum Gasteiger partial charge on any atom is -0.368 e. The van der Waals surface area contributed by atoms with Crippen LogP contribution in [-0.4, -0.2) is 36.3 Å². The van der Waals surface area contributed by atoms with Gasteiger partial charge in [-0.1, -0.05) is 30.3 Å². The maximum Gasteiger partial charge on any atom is 0.243 e. The van der Waals surface area contributed by atoms with Crippen LogP contribution in [0.5, 0.6) is 0 Å². The van der Waals surface area contributed by atoms with Gasteiger partial charge >= 0.3 is 0 Å². The van der Waals surface area contributed by atoms with Crippen molar-refractivity contribution in [1.82, 2.24) is 10.6 Å². The number of carbonyl (C=O) groups is 3. The van der Waals surface area contributed by atoms with E-state index in [2.05, 4.69) is 10.6 Å². The van der Waals surface area contributed by atoms with Crippen molar-refractivity contribution in [3.8, 4) is 0 Å². The van der Waals surface area contributed by atoms with E-state index in [1.54, 1.807) is 0 Å². The zero-order valence-corrected chi connectivity index (χ0v) is 14.0. The van der Waals surface area contributed by atoms with Crippen LogP contribution in [0.15, 0.2) is 30.3 Å². The number of hydrogen-bond donors (Lipinski definition) is 4. The van der Waals surface area contributed by atoms with Gasteiger partial charge in [0, 0.05) is 13.3 Å². The van der Waals surface area contributed by atoms with Crippen molar-refractivity contribution in [3.63, 3.8) is 0 Å². The fraction of sp³-hybridized carbons (Fsp3) is 0.471. The third kappa shape index (κ3) is 7.23. The zero-order chi connectivity index (χ0) is 17.9. The Hall–Kier alpha value is -2.41. The van der Waals surface area contributed by atoms with E-state index in [0.717, 1.165) is 12.0 Å². The molecule has 0 saturated heterocycles. The molecule has 1 aromatic rings. The Bertz CT molecular complexity index is 548. The van der Waals surface area contributed by atoms with Crippen LogP contribution in [-0.2, 0) is 20.8 Å². The highest BCUT2D eigenvalue weighted by Crippen LogP contribution is 2.05. The number of benzene rings is 1. The Morgan fingerprint density at radius 2 is 1.71 bits per heavy atom. The first-order valence-electron chi connectivity index (χ1n) is 8.04. The molecule has 7 nitrogen and oxygen atoms in total. The molecule has 0 heterocycles. The van der Waals surface area contributed by atoms with Gasteiger partial charge < -0.3 is 22.1 Å². The van der Waals surface area contributed by atoms with Gasteiger partial charge in [-0.05, 0) is 31.4 Å². The van der Waals surface area contributed by atoms with Gasteiger partial charge in [-0.2, -0.15) is 0 Å². The standard InChI is InChI=1S/C17H26N4O3/c1-12(22)20-14(9-5-6-10-18)17(24)21-15(16(19)23)11-13-7-3-2-4-8-13/h2-4,7-8,14-15H,5-6,9-11,18H2,1H3,(H2,19,23)(H,20,22)(H,21,24). The molecule has 0 radical (unpaired) electrons. The van der Waals surface area contributed by atoms with Crippen molar-refractivity contribution in [3.05, 3.63) is 35.9 Å². The van der Waals surface area contributed by atoms with Crippen LogP contribution >= 0.6 is 0 Å². The van der Waals surface area contributed by atoms with Crippen molar-refractivity contribution in [2.24, 2.45) is 11.5 Å². The Labute approximate surface area is 142 Å². The van der Waals surface area contributed by atoms with Crippen molar-refractivity contribution < 1.29 is 14.4 Å². The molecular formula is C17H26N4O3. The number of primary amides is 1. The first-order chi connectivity index (χ1) is 11.4. The molecule has 0 aliphatic heterocycles. The monoisotopic (exact) mass is 334 g/mol. The molecule has 0 aromatic heterocycles. The molecule has 2 unspecified atom stereocenters. The van der Waals surface area contributed by atoms with Crippen LogP contribution in [0.3, 0.4) is 0 Å². The van der Waals surface area contributed by atoms with E-state index in [1.165, 1.54) is 6.92 Å². The number of nitrogens with two attached hydrogens (primary N) is 2. The highest BCUT2D eigenvalue weighted by atomic mass is 16.2. The van der Waals surface area contributed by atoms with E-state index >= 15 is 0 Å². The Kier molecular flexibility index (Phi) is 8.49. The second-order valence-electron chi connectivity index (χ2n) is 5.69. The molecule has 0 fully saturated rings. The van der Waals surface area contributed by atoms with E-state index in [-0.39, 0.29) is 5.91 Å². The SMILES string of the molecule is CC(=O)NC(CCCCN)C(=O)NC(Cc1ccccc1)C(N)=O. The van der Waals surface area contributed by atoms with E-state index in [9.17, 15) is 14.4 Å². The van der Waals surface area contributed by atoms with Crippen molar-refractivity contribution in [1.29, 1.82) is 0 Å². The minimum absolute atomic E-state index is 0.303. The molecule has 0 spiro atoms. The third-order valence-electron chi connectivity index (χ3n) is 3.58. The van der Waals surface area contributed by atoms with Crippen molar-refractivity contribution in [2.45, 2.75) is 44.7 Å². The Balaban J connectivity index is 2.72. The molecule has 0 aliphatic rings. The molecule has 24 heavy (non-hydrogen) atoms. The lowest BCUT2D eigenvalue weighted by atomic mass is 10.0. The van der Waals surface area contributed by atoms with Crippen LogP contribution < -0.4 is 22.1 Å². The summed E-state index contributed by atoms with van der Waals surface area (Å²) in [6, 6.07) is 7.75. The molecule has 2 atom stereocenters. The summed E-state index contributed by atoms with van der Waals surface area (Å²) in [5.74, 6) is -1.33. The Morgan fingerprint density at radius 1 is 1.04 bits per heavy atom. The topological polar surface area (TPSA) is 127 Å². The minimum atomic E-state index is -0.828. The van der Waals surface area contributed by atoms with Gasteiger partial charge in [0.25, 0.3) is 0 Å². The molecular weight excluding hydrogens is 308 g/mol. The number of nitrogens with one attached hydrogen (secondary N) is 2. The summed E-state index contributed by atoms with van der Waals surface area (Å²) in [6.45, 7) is 1.87. The van der Waals surface area contributed by atoms with Gasteiger partial charge in [-0.3, -0.25) is 14.4 Å². The molecule has 0 bridgehead atoms. The summed E-state index contributed by atoms with van der Waals surface area (Å²) in [5, 5.41) is 5.24. The normalized spacial score (nSPS) is 12.9. The molecule has 0 aliphatic carbocycles. The van der Waals surface area contributed by atoms with Crippen LogP contribution in [0, 0.1) is 0 Å². The number of unbranched alkanes of at least 4 members (excludes halogenated alkanes) is 1. The lowest BCUT2D eigenvalue weighted by Crippen LogP contribution is -2.53. The van der Waals surface area contributed by atoms with E-state index in [1.807, 2.05) is 30.3 Å². The number of rotatable bonds is 10. The van der Waals surface area contributed by atoms with Gasteiger partial charge in [-0.25, -0.2) is 0 Å². The number of carbonyl (C=O) groups excluding carboxylic acids is 3. The van der Waals surface area contributed by atoms with E-state index in [4.69, 9.17) is 11.5 Å². The summed E-state index contributed by atoms with van der Waals surface area (Å²) in [7, 11) is 0. The van der Waals surface area contributed by atoms with Gasteiger partial charge in [0.05, 0.1) is 0 Å². The van der Waals surface area contributed by atoms with Crippen LogP contribution in [0.2, 0.25) is 0 Å². The summed E-state index contributed by atoms with van der Waals surface area (Å²) in [4.78, 5) is 35.4. The van der Waals surface area contributed by atoms with E-state index < -0.39 is 23.9 Å². The molecule has 1 aromatic carbocycles. The molecule has 0 saturated carbocycles. The fourth-order valence-corrected chi connectivity index (χ4v) is 2.35. The largest absolute Gasteiger partial charge is 0.368 e. The highest BCUT2D eigenvalue weighted by Gasteiger charge is 2.24. The summed E-state index contributed by atoms with van der Waals surface area (Å²) < 4.78 is 0. The Morgan fingerprint density at radius 3 is 2.25 bits per heavy atom.